The van der Waals surface area contributed by atoms with Gasteiger partial charge in [-0.2, -0.15) is 0 Å². The van der Waals surface area contributed by atoms with Gasteiger partial charge >= 0.3 is 0 Å². The van der Waals surface area contributed by atoms with Crippen LogP contribution in [0.4, 0.5) is 5.69 Å². The second-order valence-corrected chi connectivity index (χ2v) is 7.92. The van der Waals surface area contributed by atoms with E-state index in [2.05, 4.69) is 10.4 Å². The van der Waals surface area contributed by atoms with Crippen molar-refractivity contribution in [3.63, 3.8) is 0 Å². The third kappa shape index (κ3) is 3.24. The van der Waals surface area contributed by atoms with E-state index in [1.54, 1.807) is 23.5 Å². The highest BCUT2D eigenvalue weighted by Crippen LogP contribution is 2.33. The molecule has 0 fully saturated rings. The maximum atomic E-state index is 13.0. The molecule has 0 atom stereocenters. The Morgan fingerprint density at radius 1 is 1.19 bits per heavy atom. The summed E-state index contributed by atoms with van der Waals surface area (Å²) in [4.78, 5) is 33.5. The normalized spacial score (nSPS) is 10.9. The largest absolute Gasteiger partial charge is 0.378 e. The Labute approximate surface area is 163 Å². The zero-order chi connectivity index (χ0) is 19.0. The fraction of sp³-hybridized carbons (Fsp3) is 0.105. The van der Waals surface area contributed by atoms with Crippen molar-refractivity contribution in [2.45, 2.75) is 0 Å². The number of benzene rings is 1. The van der Waals surface area contributed by atoms with Gasteiger partial charge in [0, 0.05) is 41.2 Å². The minimum Gasteiger partial charge on any atom is -0.378 e. The summed E-state index contributed by atoms with van der Waals surface area (Å²) in [7, 11) is 3.81. The van der Waals surface area contributed by atoms with E-state index in [9.17, 15) is 9.59 Å². The fourth-order valence-corrected chi connectivity index (χ4v) is 4.45. The Bertz CT molecular complexity index is 1180. The lowest BCUT2D eigenvalue weighted by Crippen LogP contribution is -2.33. The lowest BCUT2D eigenvalue weighted by molar-refractivity contribution is 0.101. The number of fused-ring (bicyclic) bond motifs is 1. The summed E-state index contributed by atoms with van der Waals surface area (Å²) in [5.74, 6) is -0.366. The number of amides is 1. The number of rotatable bonds is 4. The number of hydrogen-bond acceptors (Lipinski definition) is 6. The Balaban J connectivity index is 1.71. The molecule has 0 bridgehead atoms. The number of anilines is 1. The molecule has 4 rings (SSSR count). The molecule has 27 heavy (non-hydrogen) atoms. The molecule has 0 unspecified atom stereocenters. The van der Waals surface area contributed by atoms with Crippen LogP contribution in [-0.4, -0.2) is 29.7 Å². The van der Waals surface area contributed by atoms with Crippen LogP contribution in [0, 0.1) is 0 Å². The first-order chi connectivity index (χ1) is 13.0. The lowest BCUT2D eigenvalue weighted by Gasteiger charge is -2.14. The van der Waals surface area contributed by atoms with Crippen LogP contribution >= 0.6 is 22.7 Å². The highest BCUT2D eigenvalue weighted by atomic mass is 32.1. The van der Waals surface area contributed by atoms with Crippen LogP contribution in [-0.2, 0) is 0 Å². The van der Waals surface area contributed by atoms with Crippen LogP contribution in [0.25, 0.3) is 20.7 Å². The van der Waals surface area contributed by atoms with Gasteiger partial charge in [-0.05, 0) is 29.6 Å². The SMILES string of the molecule is CN(C)c1cccc(C(=O)Nn2cnc3scc(-c4cccs4)c3c2=O)c1. The van der Waals surface area contributed by atoms with Crippen molar-refractivity contribution in [1.82, 2.24) is 9.66 Å². The van der Waals surface area contributed by atoms with Crippen molar-refractivity contribution in [3.05, 3.63) is 69.4 Å². The number of hydrogen-bond donors (Lipinski definition) is 1. The predicted octanol–water partition coefficient (Wildman–Crippen LogP) is 3.64. The summed E-state index contributed by atoms with van der Waals surface area (Å²) in [6.45, 7) is 0. The molecule has 1 aromatic carbocycles. The van der Waals surface area contributed by atoms with Gasteiger partial charge in [-0.15, -0.1) is 22.7 Å². The minimum atomic E-state index is -0.366. The highest BCUT2D eigenvalue weighted by Gasteiger charge is 2.15. The van der Waals surface area contributed by atoms with Crippen molar-refractivity contribution >= 4 is 44.5 Å². The van der Waals surface area contributed by atoms with Crippen molar-refractivity contribution in [1.29, 1.82) is 0 Å². The molecule has 1 N–H and O–H groups in total. The standard InChI is InChI=1S/C19H16N4O2S2/c1-22(2)13-6-3-5-12(9-13)17(24)21-23-11-20-18-16(19(23)25)14(10-27-18)15-7-4-8-26-15/h3-11H,1-2H3,(H,21,24). The monoisotopic (exact) mass is 396 g/mol. The van der Waals surface area contributed by atoms with Gasteiger partial charge in [0.15, 0.2) is 0 Å². The topological polar surface area (TPSA) is 67.2 Å². The Morgan fingerprint density at radius 2 is 2.04 bits per heavy atom. The van der Waals surface area contributed by atoms with E-state index in [-0.39, 0.29) is 11.5 Å². The van der Waals surface area contributed by atoms with E-state index in [1.807, 2.05) is 54.0 Å². The minimum absolute atomic E-state index is 0.290. The van der Waals surface area contributed by atoms with Crippen LogP contribution < -0.4 is 15.9 Å². The van der Waals surface area contributed by atoms with Gasteiger partial charge in [0.2, 0.25) is 0 Å². The van der Waals surface area contributed by atoms with Gasteiger partial charge in [-0.3, -0.25) is 15.0 Å². The first-order valence-corrected chi connectivity index (χ1v) is 9.92. The van der Waals surface area contributed by atoms with Crippen LogP contribution in [0.5, 0.6) is 0 Å². The molecule has 136 valence electrons. The van der Waals surface area contributed by atoms with Gasteiger partial charge in [-0.1, -0.05) is 12.1 Å². The number of aromatic nitrogens is 2. The molecular formula is C19H16N4O2S2. The molecule has 1 amide bonds. The van der Waals surface area contributed by atoms with Crippen LogP contribution in [0.3, 0.4) is 0 Å². The van der Waals surface area contributed by atoms with Crippen molar-refractivity contribution in [3.8, 4) is 10.4 Å². The smallest absolute Gasteiger partial charge is 0.281 e. The average molecular weight is 396 g/mol. The molecule has 3 aromatic heterocycles. The second-order valence-electron chi connectivity index (χ2n) is 6.11. The quantitative estimate of drug-likeness (QED) is 0.572. The van der Waals surface area contributed by atoms with E-state index in [4.69, 9.17) is 0 Å². The van der Waals surface area contributed by atoms with E-state index in [1.165, 1.54) is 17.7 Å². The first kappa shape index (κ1) is 17.4. The van der Waals surface area contributed by atoms with E-state index in [0.29, 0.717) is 15.8 Å². The van der Waals surface area contributed by atoms with Crippen molar-refractivity contribution in [2.24, 2.45) is 0 Å². The molecule has 6 nitrogen and oxygen atoms in total. The molecular weight excluding hydrogens is 380 g/mol. The third-order valence-corrected chi connectivity index (χ3v) is 5.92. The van der Waals surface area contributed by atoms with E-state index < -0.39 is 0 Å². The summed E-state index contributed by atoms with van der Waals surface area (Å²) in [5, 5.41) is 4.41. The Morgan fingerprint density at radius 3 is 2.78 bits per heavy atom. The molecule has 0 aliphatic carbocycles. The first-order valence-electron chi connectivity index (χ1n) is 8.16. The van der Waals surface area contributed by atoms with Crippen LogP contribution in [0.15, 0.2) is 58.3 Å². The molecule has 8 heteroatoms. The predicted molar refractivity (Wildman–Crippen MR) is 112 cm³/mol. The molecule has 0 aliphatic rings. The number of carbonyl (C=O) groups is 1. The Kier molecular flexibility index (Phi) is 4.51. The molecule has 0 saturated carbocycles. The van der Waals surface area contributed by atoms with E-state index >= 15 is 0 Å². The van der Waals surface area contributed by atoms with Crippen LogP contribution in [0.2, 0.25) is 0 Å². The number of nitrogens with zero attached hydrogens (tertiary/aromatic N) is 3. The number of thiophene rings is 2. The molecule has 0 aliphatic heterocycles. The maximum absolute atomic E-state index is 13.0. The van der Waals surface area contributed by atoms with Gasteiger partial charge in [0.1, 0.15) is 11.2 Å². The number of nitrogens with one attached hydrogen (secondary N) is 1. The zero-order valence-electron chi connectivity index (χ0n) is 14.7. The van der Waals surface area contributed by atoms with Gasteiger partial charge in [-0.25, -0.2) is 9.66 Å². The molecule has 0 saturated heterocycles. The maximum Gasteiger partial charge on any atom is 0.281 e. The van der Waals surface area contributed by atoms with Gasteiger partial charge in [0.05, 0.1) is 5.39 Å². The number of carbonyl (C=O) groups excluding carboxylic acids is 1. The summed E-state index contributed by atoms with van der Waals surface area (Å²) < 4.78 is 1.15. The molecule has 0 spiro atoms. The summed E-state index contributed by atoms with van der Waals surface area (Å²) in [5.41, 5.74) is 4.57. The highest BCUT2D eigenvalue weighted by molar-refractivity contribution is 7.18. The fourth-order valence-electron chi connectivity index (χ4n) is 2.72. The van der Waals surface area contributed by atoms with Gasteiger partial charge in [0.25, 0.3) is 11.5 Å². The summed E-state index contributed by atoms with van der Waals surface area (Å²) in [6, 6.07) is 11.1. The lowest BCUT2D eigenvalue weighted by atomic mass is 10.2. The molecule has 3 heterocycles. The van der Waals surface area contributed by atoms with Crippen molar-refractivity contribution in [2.75, 3.05) is 24.4 Å². The van der Waals surface area contributed by atoms with Crippen molar-refractivity contribution < 1.29 is 4.79 Å². The average Bonchev–Trinajstić information content (AvgIpc) is 3.33. The van der Waals surface area contributed by atoms with Crippen LogP contribution in [0.1, 0.15) is 10.4 Å². The van der Waals surface area contributed by atoms with Gasteiger partial charge < -0.3 is 4.90 Å². The zero-order valence-corrected chi connectivity index (χ0v) is 16.3. The molecule has 4 aromatic rings. The summed E-state index contributed by atoms with van der Waals surface area (Å²) >= 11 is 2.98. The molecule has 0 radical (unpaired) electrons. The summed E-state index contributed by atoms with van der Waals surface area (Å²) in [6.07, 6.45) is 1.35. The third-order valence-electron chi connectivity index (χ3n) is 4.13. The second kappa shape index (κ2) is 6.98. The van der Waals surface area contributed by atoms with E-state index in [0.717, 1.165) is 20.8 Å². The Hall–Kier alpha value is -2.97.